The lowest BCUT2D eigenvalue weighted by atomic mass is 10.0. The van der Waals surface area contributed by atoms with E-state index in [0.717, 1.165) is 38.4 Å². The summed E-state index contributed by atoms with van der Waals surface area (Å²) >= 11 is 0. The Labute approximate surface area is 110 Å². The van der Waals surface area contributed by atoms with Gasteiger partial charge in [0.2, 0.25) is 5.91 Å². The first-order chi connectivity index (χ1) is 8.79. The molecule has 2 aliphatic rings. The van der Waals surface area contributed by atoms with E-state index in [9.17, 15) is 4.79 Å². The van der Waals surface area contributed by atoms with Crippen molar-refractivity contribution < 1.29 is 4.79 Å². The number of rotatable bonds is 5. The van der Waals surface area contributed by atoms with Crippen LogP contribution in [0.2, 0.25) is 0 Å². The Morgan fingerprint density at radius 1 is 1.17 bits per heavy atom. The highest BCUT2D eigenvalue weighted by molar-refractivity contribution is 5.76. The first-order valence-corrected chi connectivity index (χ1v) is 7.53. The Morgan fingerprint density at radius 3 is 2.44 bits per heavy atom. The van der Waals surface area contributed by atoms with E-state index < -0.39 is 0 Å². The zero-order chi connectivity index (χ0) is 12.8. The highest BCUT2D eigenvalue weighted by Crippen LogP contribution is 2.26. The van der Waals surface area contributed by atoms with Crippen LogP contribution < -0.4 is 11.1 Å². The summed E-state index contributed by atoms with van der Waals surface area (Å²) in [5.41, 5.74) is 5.41. The lowest BCUT2D eigenvalue weighted by Gasteiger charge is -2.36. The predicted molar refractivity (Wildman–Crippen MR) is 73.3 cm³/mol. The Kier molecular flexibility index (Phi) is 5.45. The Hall–Kier alpha value is -0.610. The molecule has 1 heterocycles. The molecule has 4 nitrogen and oxygen atoms in total. The average molecular weight is 253 g/mol. The Balaban J connectivity index is 1.65. The van der Waals surface area contributed by atoms with Crippen LogP contribution in [0, 0.1) is 0 Å². The summed E-state index contributed by atoms with van der Waals surface area (Å²) in [5.74, 6) is 0.180. The Morgan fingerprint density at radius 2 is 1.83 bits per heavy atom. The van der Waals surface area contributed by atoms with Gasteiger partial charge in [-0.25, -0.2) is 0 Å². The van der Waals surface area contributed by atoms with Crippen LogP contribution in [0.3, 0.4) is 0 Å². The maximum Gasteiger partial charge on any atom is 0.220 e. The first-order valence-electron chi connectivity index (χ1n) is 7.53. The number of nitrogens with zero attached hydrogens (tertiary/aromatic N) is 1. The van der Waals surface area contributed by atoms with Crippen molar-refractivity contribution in [3.8, 4) is 0 Å². The van der Waals surface area contributed by atoms with Crippen molar-refractivity contribution in [1.29, 1.82) is 0 Å². The van der Waals surface area contributed by atoms with Crippen LogP contribution in [0.1, 0.15) is 51.4 Å². The van der Waals surface area contributed by atoms with Gasteiger partial charge in [-0.15, -0.1) is 0 Å². The fourth-order valence-electron chi connectivity index (χ4n) is 3.24. The number of likely N-dealkylation sites (tertiary alicyclic amines) is 1. The maximum absolute atomic E-state index is 11.6. The molecule has 0 aromatic heterocycles. The van der Waals surface area contributed by atoms with Gasteiger partial charge in [0.1, 0.15) is 0 Å². The zero-order valence-corrected chi connectivity index (χ0v) is 11.4. The van der Waals surface area contributed by atoms with Crippen LogP contribution in [-0.4, -0.2) is 42.5 Å². The topological polar surface area (TPSA) is 58.4 Å². The lowest BCUT2D eigenvalue weighted by Crippen LogP contribution is -2.47. The van der Waals surface area contributed by atoms with Crippen LogP contribution in [0.5, 0.6) is 0 Å². The summed E-state index contributed by atoms with van der Waals surface area (Å²) < 4.78 is 0. The summed E-state index contributed by atoms with van der Waals surface area (Å²) in [6, 6.07) is 1.23. The number of hydrogen-bond donors (Lipinski definition) is 2. The molecule has 2 rings (SSSR count). The molecular formula is C14H27N3O. The summed E-state index contributed by atoms with van der Waals surface area (Å²) in [5, 5.41) is 3.14. The van der Waals surface area contributed by atoms with Crippen molar-refractivity contribution in [1.82, 2.24) is 10.2 Å². The highest BCUT2D eigenvalue weighted by atomic mass is 16.1. The lowest BCUT2D eigenvalue weighted by molar-refractivity contribution is -0.122. The van der Waals surface area contributed by atoms with Gasteiger partial charge in [0, 0.05) is 31.6 Å². The molecule has 1 aliphatic heterocycles. The molecule has 0 atom stereocenters. The van der Waals surface area contributed by atoms with Crippen molar-refractivity contribution >= 4 is 5.91 Å². The first kappa shape index (κ1) is 13.8. The second-order valence-corrected chi connectivity index (χ2v) is 5.71. The summed E-state index contributed by atoms with van der Waals surface area (Å²) in [6.45, 7) is 2.92. The van der Waals surface area contributed by atoms with E-state index in [1.165, 1.54) is 25.7 Å². The zero-order valence-electron chi connectivity index (χ0n) is 11.4. The molecule has 3 N–H and O–H groups in total. The Bertz CT molecular complexity index is 256. The van der Waals surface area contributed by atoms with E-state index in [-0.39, 0.29) is 5.91 Å². The fourth-order valence-corrected chi connectivity index (χ4v) is 3.24. The molecule has 1 amide bonds. The second kappa shape index (κ2) is 7.10. The van der Waals surface area contributed by atoms with Crippen molar-refractivity contribution in [2.45, 2.75) is 63.5 Å². The minimum atomic E-state index is 0.180. The average Bonchev–Trinajstić information content (AvgIpc) is 2.91. The standard InChI is InChI=1S/C14H27N3O/c15-9-3-6-14(18)16-12-7-10-17(11-8-12)13-4-1-2-5-13/h12-13H,1-11,15H2,(H,16,18). The number of nitrogens with two attached hydrogens (primary N) is 1. The fraction of sp³-hybridized carbons (Fsp3) is 0.929. The number of hydrogen-bond acceptors (Lipinski definition) is 3. The van der Waals surface area contributed by atoms with Gasteiger partial charge >= 0.3 is 0 Å². The molecule has 18 heavy (non-hydrogen) atoms. The van der Waals surface area contributed by atoms with Gasteiger partial charge in [0.25, 0.3) is 0 Å². The molecule has 0 aromatic rings. The minimum absolute atomic E-state index is 0.180. The van der Waals surface area contributed by atoms with Gasteiger partial charge in [0.05, 0.1) is 0 Å². The van der Waals surface area contributed by atoms with E-state index in [2.05, 4.69) is 10.2 Å². The summed E-state index contributed by atoms with van der Waals surface area (Å²) in [4.78, 5) is 14.3. The molecule has 0 spiro atoms. The van der Waals surface area contributed by atoms with Crippen LogP contribution in [0.15, 0.2) is 0 Å². The number of nitrogens with one attached hydrogen (secondary N) is 1. The van der Waals surface area contributed by atoms with Gasteiger partial charge in [-0.05, 0) is 38.6 Å². The van der Waals surface area contributed by atoms with Crippen molar-refractivity contribution in [2.24, 2.45) is 5.73 Å². The molecule has 1 saturated heterocycles. The minimum Gasteiger partial charge on any atom is -0.353 e. The van der Waals surface area contributed by atoms with Crippen molar-refractivity contribution in [3.05, 3.63) is 0 Å². The molecule has 2 fully saturated rings. The third kappa shape index (κ3) is 3.95. The van der Waals surface area contributed by atoms with Gasteiger partial charge in [-0.1, -0.05) is 12.8 Å². The van der Waals surface area contributed by atoms with Crippen LogP contribution in [0.25, 0.3) is 0 Å². The monoisotopic (exact) mass is 253 g/mol. The van der Waals surface area contributed by atoms with E-state index in [1.54, 1.807) is 0 Å². The van der Waals surface area contributed by atoms with Crippen LogP contribution in [-0.2, 0) is 4.79 Å². The van der Waals surface area contributed by atoms with Crippen LogP contribution in [0.4, 0.5) is 0 Å². The normalized spacial score (nSPS) is 23.4. The largest absolute Gasteiger partial charge is 0.353 e. The maximum atomic E-state index is 11.6. The smallest absolute Gasteiger partial charge is 0.220 e. The van der Waals surface area contributed by atoms with E-state index in [1.807, 2.05) is 0 Å². The van der Waals surface area contributed by atoms with Crippen LogP contribution >= 0.6 is 0 Å². The van der Waals surface area contributed by atoms with Crippen molar-refractivity contribution in [3.63, 3.8) is 0 Å². The SMILES string of the molecule is NCCCC(=O)NC1CCN(C2CCCC2)CC1. The van der Waals surface area contributed by atoms with Gasteiger partial charge < -0.3 is 16.0 Å². The molecule has 0 aromatic carbocycles. The molecule has 0 radical (unpaired) electrons. The third-order valence-electron chi connectivity index (χ3n) is 4.34. The van der Waals surface area contributed by atoms with Gasteiger partial charge in [-0.3, -0.25) is 4.79 Å². The quantitative estimate of drug-likeness (QED) is 0.775. The molecule has 4 heteroatoms. The van der Waals surface area contributed by atoms with Gasteiger partial charge in [0.15, 0.2) is 0 Å². The third-order valence-corrected chi connectivity index (χ3v) is 4.34. The van der Waals surface area contributed by atoms with E-state index >= 15 is 0 Å². The predicted octanol–water partition coefficient (Wildman–Crippen LogP) is 1.25. The summed E-state index contributed by atoms with van der Waals surface area (Å²) in [7, 11) is 0. The summed E-state index contributed by atoms with van der Waals surface area (Å²) in [6.07, 6.45) is 9.18. The number of amides is 1. The van der Waals surface area contributed by atoms with Gasteiger partial charge in [-0.2, -0.15) is 0 Å². The molecular weight excluding hydrogens is 226 g/mol. The molecule has 0 unspecified atom stereocenters. The molecule has 1 saturated carbocycles. The van der Waals surface area contributed by atoms with E-state index in [0.29, 0.717) is 19.0 Å². The van der Waals surface area contributed by atoms with Crippen molar-refractivity contribution in [2.75, 3.05) is 19.6 Å². The molecule has 1 aliphatic carbocycles. The second-order valence-electron chi connectivity index (χ2n) is 5.71. The van der Waals surface area contributed by atoms with E-state index in [4.69, 9.17) is 5.73 Å². The molecule has 0 bridgehead atoms. The number of piperidine rings is 1. The number of carbonyl (C=O) groups excluding carboxylic acids is 1. The highest BCUT2D eigenvalue weighted by Gasteiger charge is 2.27. The molecule has 104 valence electrons. The number of carbonyl (C=O) groups is 1.